The van der Waals surface area contributed by atoms with Crippen LogP contribution in [-0.4, -0.2) is 44.3 Å². The number of nitrogens with one attached hydrogen (secondary N) is 1. The number of aryl methyl sites for hydroxylation is 1. The minimum Gasteiger partial charge on any atom is -0.345 e. The maximum atomic E-state index is 11.9. The van der Waals surface area contributed by atoms with E-state index in [2.05, 4.69) is 15.6 Å². The van der Waals surface area contributed by atoms with Crippen LogP contribution < -0.4 is 5.32 Å². The molecule has 0 aromatic carbocycles. The van der Waals surface area contributed by atoms with Crippen molar-refractivity contribution < 1.29 is 9.59 Å². The topological polar surface area (TPSA) is 80.1 Å². The molecule has 2 rings (SSSR count). The van der Waals surface area contributed by atoms with E-state index in [1.54, 1.807) is 22.8 Å². The predicted octanol–water partition coefficient (Wildman–Crippen LogP) is -0.702. The van der Waals surface area contributed by atoms with Crippen LogP contribution in [0.15, 0.2) is 6.20 Å². The second-order valence-corrected chi connectivity index (χ2v) is 4.81. The predicted molar refractivity (Wildman–Crippen MR) is 63.2 cm³/mol. The molecule has 0 radical (unpaired) electrons. The highest BCUT2D eigenvalue weighted by atomic mass is 16.2. The molecule has 18 heavy (non-hydrogen) atoms. The minimum absolute atomic E-state index is 0.0579. The van der Waals surface area contributed by atoms with Crippen LogP contribution in [0.5, 0.6) is 0 Å². The van der Waals surface area contributed by atoms with Gasteiger partial charge in [-0.3, -0.25) is 14.3 Å². The number of rotatable bonds is 3. The fraction of sp³-hybridized carbons (Fsp3) is 0.636. The van der Waals surface area contributed by atoms with Crippen molar-refractivity contribution in [3.8, 4) is 0 Å². The zero-order chi connectivity index (χ0) is 13.3. The third kappa shape index (κ3) is 2.34. The summed E-state index contributed by atoms with van der Waals surface area (Å²) in [5, 5.41) is 10.4. The van der Waals surface area contributed by atoms with Gasteiger partial charge in [-0.2, -0.15) is 0 Å². The van der Waals surface area contributed by atoms with Crippen LogP contribution in [0.25, 0.3) is 0 Å². The molecule has 2 amide bonds. The molecule has 1 N–H and O–H groups in total. The number of nitrogens with zero attached hydrogens (tertiary/aromatic N) is 4. The van der Waals surface area contributed by atoms with Crippen molar-refractivity contribution in [1.82, 2.24) is 25.2 Å². The van der Waals surface area contributed by atoms with Gasteiger partial charge in [0.15, 0.2) is 0 Å². The van der Waals surface area contributed by atoms with Gasteiger partial charge in [-0.1, -0.05) is 19.1 Å². The Morgan fingerprint density at radius 2 is 2.22 bits per heavy atom. The summed E-state index contributed by atoms with van der Waals surface area (Å²) in [4.78, 5) is 25.3. The molecule has 1 aromatic rings. The summed E-state index contributed by atoms with van der Waals surface area (Å²) < 4.78 is 1.58. The van der Waals surface area contributed by atoms with Crippen LogP contribution in [-0.2, 0) is 23.2 Å². The third-order valence-corrected chi connectivity index (χ3v) is 2.95. The number of amides is 2. The number of hydrogen-bond acceptors (Lipinski definition) is 4. The Bertz CT molecular complexity index is 468. The van der Waals surface area contributed by atoms with Crippen LogP contribution in [0.1, 0.15) is 19.5 Å². The van der Waals surface area contributed by atoms with Crippen molar-refractivity contribution in [3.05, 3.63) is 11.9 Å². The first-order valence-electron chi connectivity index (χ1n) is 5.91. The second-order valence-electron chi connectivity index (χ2n) is 4.81. The summed E-state index contributed by atoms with van der Waals surface area (Å²) in [5.74, 6) is -0.127. The fourth-order valence-electron chi connectivity index (χ4n) is 2.16. The molecule has 0 aliphatic carbocycles. The van der Waals surface area contributed by atoms with Gasteiger partial charge in [0.2, 0.25) is 11.8 Å². The van der Waals surface area contributed by atoms with E-state index in [-0.39, 0.29) is 24.3 Å². The van der Waals surface area contributed by atoms with Gasteiger partial charge in [-0.25, -0.2) is 0 Å². The van der Waals surface area contributed by atoms with Gasteiger partial charge in [0.05, 0.1) is 13.1 Å². The van der Waals surface area contributed by atoms with E-state index in [1.165, 1.54) is 0 Å². The van der Waals surface area contributed by atoms with E-state index in [1.807, 2.05) is 13.8 Å². The summed E-state index contributed by atoms with van der Waals surface area (Å²) in [6, 6.07) is -0.437. The fourth-order valence-corrected chi connectivity index (χ4v) is 2.16. The molecule has 7 nitrogen and oxygen atoms in total. The van der Waals surface area contributed by atoms with E-state index in [9.17, 15) is 9.59 Å². The Labute approximate surface area is 105 Å². The van der Waals surface area contributed by atoms with Gasteiger partial charge >= 0.3 is 0 Å². The number of hydrogen-bond donors (Lipinski definition) is 1. The molecule has 1 aliphatic rings. The van der Waals surface area contributed by atoms with Gasteiger partial charge in [-0.05, 0) is 5.92 Å². The average molecular weight is 251 g/mol. The van der Waals surface area contributed by atoms with Gasteiger partial charge in [0.25, 0.3) is 0 Å². The quantitative estimate of drug-likeness (QED) is 0.770. The molecule has 1 fully saturated rings. The lowest BCUT2D eigenvalue weighted by molar-refractivity contribution is -0.148. The number of piperazine rings is 1. The Morgan fingerprint density at radius 1 is 1.50 bits per heavy atom. The largest absolute Gasteiger partial charge is 0.345 e. The highest BCUT2D eigenvalue weighted by Crippen LogP contribution is 2.17. The van der Waals surface area contributed by atoms with Crippen molar-refractivity contribution in [2.45, 2.75) is 26.4 Å². The van der Waals surface area contributed by atoms with E-state index < -0.39 is 6.04 Å². The molecule has 0 saturated carbocycles. The average Bonchev–Trinajstić information content (AvgIpc) is 2.69. The van der Waals surface area contributed by atoms with Gasteiger partial charge in [0.1, 0.15) is 11.7 Å². The Hall–Kier alpha value is -1.92. The normalized spacial score (nSPS) is 20.4. The van der Waals surface area contributed by atoms with Crippen LogP contribution in [0.3, 0.4) is 0 Å². The maximum absolute atomic E-state index is 11.9. The van der Waals surface area contributed by atoms with Gasteiger partial charge < -0.3 is 10.2 Å². The summed E-state index contributed by atoms with van der Waals surface area (Å²) in [7, 11) is 1.77. The molecule has 1 unspecified atom stereocenters. The van der Waals surface area contributed by atoms with Crippen molar-refractivity contribution in [2.24, 2.45) is 13.0 Å². The molecular weight excluding hydrogens is 234 g/mol. The van der Waals surface area contributed by atoms with Crippen LogP contribution in [0.2, 0.25) is 0 Å². The lowest BCUT2D eigenvalue weighted by atomic mass is 9.99. The number of carbonyl (C=O) groups is 2. The molecule has 1 atom stereocenters. The molecule has 0 bridgehead atoms. The standard InChI is InChI=1S/C11H17N5O2/c1-7(2)10-11(18)12-4-9(17)16(10)6-8-5-15(3)14-13-8/h5,7,10H,4,6H2,1-3H3,(H,12,18). The van der Waals surface area contributed by atoms with E-state index in [4.69, 9.17) is 0 Å². The first-order valence-corrected chi connectivity index (χ1v) is 5.91. The van der Waals surface area contributed by atoms with Crippen molar-refractivity contribution >= 4 is 11.8 Å². The van der Waals surface area contributed by atoms with Gasteiger partial charge in [0, 0.05) is 13.2 Å². The van der Waals surface area contributed by atoms with Crippen LogP contribution in [0, 0.1) is 5.92 Å². The lowest BCUT2D eigenvalue weighted by Crippen LogP contribution is -2.59. The molecular formula is C11H17N5O2. The number of carbonyl (C=O) groups excluding carboxylic acids is 2. The molecule has 2 heterocycles. The highest BCUT2D eigenvalue weighted by molar-refractivity contribution is 5.94. The van der Waals surface area contributed by atoms with E-state index in [0.717, 1.165) is 0 Å². The van der Waals surface area contributed by atoms with Gasteiger partial charge in [-0.15, -0.1) is 5.10 Å². The Balaban J connectivity index is 2.20. The molecule has 1 aromatic heterocycles. The Morgan fingerprint density at radius 3 is 2.78 bits per heavy atom. The highest BCUT2D eigenvalue weighted by Gasteiger charge is 2.36. The van der Waals surface area contributed by atoms with Crippen molar-refractivity contribution in [1.29, 1.82) is 0 Å². The van der Waals surface area contributed by atoms with E-state index >= 15 is 0 Å². The first kappa shape index (κ1) is 12.5. The zero-order valence-corrected chi connectivity index (χ0v) is 10.8. The summed E-state index contributed by atoms with van der Waals surface area (Å²) in [6.07, 6.45) is 1.75. The zero-order valence-electron chi connectivity index (χ0n) is 10.8. The smallest absolute Gasteiger partial charge is 0.243 e. The third-order valence-electron chi connectivity index (χ3n) is 2.95. The van der Waals surface area contributed by atoms with Crippen molar-refractivity contribution in [3.63, 3.8) is 0 Å². The molecule has 1 saturated heterocycles. The molecule has 7 heteroatoms. The van der Waals surface area contributed by atoms with E-state index in [0.29, 0.717) is 12.2 Å². The summed E-state index contributed by atoms with van der Waals surface area (Å²) >= 11 is 0. The van der Waals surface area contributed by atoms with Crippen LogP contribution in [0.4, 0.5) is 0 Å². The lowest BCUT2D eigenvalue weighted by Gasteiger charge is -2.36. The SMILES string of the molecule is CC(C)C1C(=O)NCC(=O)N1Cc1cn(C)nn1. The minimum atomic E-state index is -0.437. The maximum Gasteiger partial charge on any atom is 0.243 e. The van der Waals surface area contributed by atoms with Crippen molar-refractivity contribution in [2.75, 3.05) is 6.54 Å². The number of aromatic nitrogens is 3. The molecule has 98 valence electrons. The molecule has 0 spiro atoms. The van der Waals surface area contributed by atoms with Crippen LogP contribution >= 0.6 is 0 Å². The Kier molecular flexibility index (Phi) is 3.31. The monoisotopic (exact) mass is 251 g/mol. The molecule has 1 aliphatic heterocycles. The summed E-state index contributed by atoms with van der Waals surface area (Å²) in [5.41, 5.74) is 0.686. The summed E-state index contributed by atoms with van der Waals surface area (Å²) in [6.45, 7) is 4.23. The second kappa shape index (κ2) is 4.75. The first-order chi connectivity index (χ1) is 8.49.